The first-order valence-electron chi connectivity index (χ1n) is 8.35. The van der Waals surface area contributed by atoms with E-state index in [4.69, 9.17) is 16.0 Å². The van der Waals surface area contributed by atoms with Crippen molar-refractivity contribution in [2.24, 2.45) is 0 Å². The van der Waals surface area contributed by atoms with Gasteiger partial charge in [-0.1, -0.05) is 29.8 Å². The molecule has 1 aliphatic rings. The third-order valence-electron chi connectivity index (χ3n) is 4.57. The number of aromatic nitrogens is 1. The zero-order chi connectivity index (χ0) is 18.3. The summed E-state index contributed by atoms with van der Waals surface area (Å²) in [5, 5.41) is 0.286. The van der Waals surface area contributed by atoms with Crippen LogP contribution in [0.5, 0.6) is 0 Å². The fourth-order valence-electron chi connectivity index (χ4n) is 3.05. The van der Waals surface area contributed by atoms with Crippen LogP contribution in [0.15, 0.2) is 51.7 Å². The van der Waals surface area contributed by atoms with Crippen LogP contribution in [-0.4, -0.2) is 21.4 Å². The molecule has 0 unspecified atom stereocenters. The monoisotopic (exact) mass is 374 g/mol. The van der Waals surface area contributed by atoms with Crippen molar-refractivity contribution in [1.29, 1.82) is 0 Å². The Hall–Kier alpha value is -2.60. The number of carbonyl (C=O) groups is 1. The summed E-state index contributed by atoms with van der Waals surface area (Å²) in [6.07, 6.45) is 1.72. The number of carbonyl (C=O) groups excluding carboxylic acids is 1. The van der Waals surface area contributed by atoms with Gasteiger partial charge in [0.2, 0.25) is 5.91 Å². The number of hydrogen-bond acceptors (Lipinski definition) is 3. The Kier molecular flexibility index (Phi) is 4.28. The molecule has 1 fully saturated rings. The molecule has 1 aromatic heterocycles. The normalized spacial score (nSPS) is 13.9. The van der Waals surface area contributed by atoms with Crippen LogP contribution in [0.3, 0.4) is 0 Å². The van der Waals surface area contributed by atoms with Crippen LogP contribution in [0.25, 0.3) is 11.1 Å². The first-order valence-corrected chi connectivity index (χ1v) is 8.73. The maximum Gasteiger partial charge on any atom is 0.420 e. The van der Waals surface area contributed by atoms with Gasteiger partial charge in [-0.3, -0.25) is 9.36 Å². The molecule has 1 amide bonds. The predicted molar refractivity (Wildman–Crippen MR) is 95.5 cm³/mol. The molecule has 5 nitrogen and oxygen atoms in total. The van der Waals surface area contributed by atoms with Crippen LogP contribution in [0.1, 0.15) is 18.4 Å². The molecule has 4 rings (SSSR count). The van der Waals surface area contributed by atoms with Gasteiger partial charge in [-0.15, -0.1) is 0 Å². The van der Waals surface area contributed by atoms with E-state index in [1.54, 1.807) is 35.2 Å². The van der Waals surface area contributed by atoms with Gasteiger partial charge in [-0.05, 0) is 37.1 Å². The molecule has 0 bridgehead atoms. The highest BCUT2D eigenvalue weighted by Crippen LogP contribution is 2.31. The first-order chi connectivity index (χ1) is 12.5. The van der Waals surface area contributed by atoms with E-state index in [9.17, 15) is 14.0 Å². The van der Waals surface area contributed by atoms with Gasteiger partial charge < -0.3 is 9.32 Å². The molecule has 1 heterocycles. The molecule has 2 aromatic carbocycles. The van der Waals surface area contributed by atoms with E-state index in [2.05, 4.69) is 0 Å². The van der Waals surface area contributed by atoms with Crippen LogP contribution >= 0.6 is 11.6 Å². The molecule has 0 radical (unpaired) electrons. The van der Waals surface area contributed by atoms with Crippen LogP contribution in [0.2, 0.25) is 5.02 Å². The minimum Gasteiger partial charge on any atom is -0.408 e. The van der Waals surface area contributed by atoms with Gasteiger partial charge >= 0.3 is 5.76 Å². The smallest absolute Gasteiger partial charge is 0.408 e. The number of para-hydroxylation sites is 2. The standard InChI is InChI=1S/C19H16ClFN2O3/c20-14-4-3-5-15(21)13(14)10-22(12-8-9-12)18(24)11-23-16-6-1-2-7-17(16)26-19(23)25/h1-7,12H,8-11H2. The molecule has 26 heavy (non-hydrogen) atoms. The largest absolute Gasteiger partial charge is 0.420 e. The zero-order valence-electron chi connectivity index (χ0n) is 13.8. The highest BCUT2D eigenvalue weighted by molar-refractivity contribution is 6.31. The van der Waals surface area contributed by atoms with Crippen LogP contribution in [0, 0.1) is 5.82 Å². The lowest BCUT2D eigenvalue weighted by atomic mass is 10.2. The molecule has 134 valence electrons. The van der Waals surface area contributed by atoms with E-state index in [-0.39, 0.29) is 30.1 Å². The Balaban J connectivity index is 1.62. The molecule has 1 saturated carbocycles. The second-order valence-corrected chi connectivity index (χ2v) is 6.78. The van der Waals surface area contributed by atoms with Crippen molar-refractivity contribution in [2.45, 2.75) is 32.0 Å². The van der Waals surface area contributed by atoms with E-state index in [0.29, 0.717) is 16.7 Å². The zero-order valence-corrected chi connectivity index (χ0v) is 14.6. The van der Waals surface area contributed by atoms with Crippen LogP contribution in [0.4, 0.5) is 4.39 Å². The molecule has 0 N–H and O–H groups in total. The average Bonchev–Trinajstić information content (AvgIpc) is 3.40. The Morgan fingerprint density at radius 1 is 1.23 bits per heavy atom. The van der Waals surface area contributed by atoms with Crippen molar-refractivity contribution >= 4 is 28.6 Å². The fourth-order valence-corrected chi connectivity index (χ4v) is 3.27. The highest BCUT2D eigenvalue weighted by Gasteiger charge is 2.34. The van der Waals surface area contributed by atoms with Gasteiger partial charge in [-0.2, -0.15) is 0 Å². The summed E-state index contributed by atoms with van der Waals surface area (Å²) in [5.41, 5.74) is 1.28. The summed E-state index contributed by atoms with van der Waals surface area (Å²) < 4.78 is 20.6. The van der Waals surface area contributed by atoms with Gasteiger partial charge in [0.25, 0.3) is 0 Å². The first kappa shape index (κ1) is 16.8. The lowest BCUT2D eigenvalue weighted by molar-refractivity contribution is -0.133. The Bertz CT molecular complexity index is 1020. The molecule has 0 saturated heterocycles. The number of nitrogens with zero attached hydrogens (tertiary/aromatic N) is 2. The number of fused-ring (bicyclic) bond motifs is 1. The second kappa shape index (κ2) is 6.61. The van der Waals surface area contributed by atoms with Crippen molar-refractivity contribution in [2.75, 3.05) is 0 Å². The van der Waals surface area contributed by atoms with Gasteiger partial charge in [0, 0.05) is 16.6 Å². The van der Waals surface area contributed by atoms with Gasteiger partial charge in [0.05, 0.1) is 12.1 Å². The maximum atomic E-state index is 14.1. The third kappa shape index (κ3) is 3.12. The predicted octanol–water partition coefficient (Wildman–Crippen LogP) is 3.58. The minimum atomic E-state index is -0.584. The van der Waals surface area contributed by atoms with Gasteiger partial charge in [-0.25, -0.2) is 9.18 Å². The van der Waals surface area contributed by atoms with Crippen molar-refractivity contribution in [3.8, 4) is 0 Å². The number of amides is 1. The third-order valence-corrected chi connectivity index (χ3v) is 4.92. The number of rotatable bonds is 5. The van der Waals surface area contributed by atoms with Gasteiger partial charge in [0.15, 0.2) is 5.58 Å². The molecular weight excluding hydrogens is 359 g/mol. The van der Waals surface area contributed by atoms with E-state index < -0.39 is 11.6 Å². The van der Waals surface area contributed by atoms with Crippen LogP contribution in [-0.2, 0) is 17.9 Å². The lowest BCUT2D eigenvalue weighted by Gasteiger charge is -2.23. The quantitative estimate of drug-likeness (QED) is 0.686. The molecule has 0 aliphatic heterocycles. The summed E-state index contributed by atoms with van der Waals surface area (Å²) in [6.45, 7) is -0.0715. The van der Waals surface area contributed by atoms with E-state index in [1.165, 1.54) is 16.7 Å². The molecular formula is C19H16ClFN2O3. The van der Waals surface area contributed by atoms with Gasteiger partial charge in [0.1, 0.15) is 12.4 Å². The average molecular weight is 375 g/mol. The fraction of sp³-hybridized carbons (Fsp3) is 0.263. The highest BCUT2D eigenvalue weighted by atomic mass is 35.5. The molecule has 0 atom stereocenters. The lowest BCUT2D eigenvalue weighted by Crippen LogP contribution is -2.37. The topological polar surface area (TPSA) is 55.5 Å². The number of oxazole rings is 1. The Labute approximate surface area is 153 Å². The molecule has 0 spiro atoms. The number of benzene rings is 2. The Morgan fingerprint density at radius 3 is 2.73 bits per heavy atom. The summed E-state index contributed by atoms with van der Waals surface area (Å²) in [7, 11) is 0. The molecule has 3 aromatic rings. The van der Waals surface area contributed by atoms with Crippen molar-refractivity contribution in [3.63, 3.8) is 0 Å². The number of halogens is 2. The Morgan fingerprint density at radius 2 is 2.00 bits per heavy atom. The van der Waals surface area contributed by atoms with Crippen LogP contribution < -0.4 is 5.76 Å². The van der Waals surface area contributed by atoms with E-state index in [1.807, 2.05) is 0 Å². The summed E-state index contributed by atoms with van der Waals surface area (Å²) in [5.74, 6) is -1.29. The minimum absolute atomic E-state index is 0.0482. The second-order valence-electron chi connectivity index (χ2n) is 6.37. The van der Waals surface area contributed by atoms with Crippen molar-refractivity contribution < 1.29 is 13.6 Å². The van der Waals surface area contributed by atoms with E-state index >= 15 is 0 Å². The maximum absolute atomic E-state index is 14.1. The molecule has 7 heteroatoms. The SMILES string of the molecule is O=C(Cn1c(=O)oc2ccccc21)N(Cc1c(F)cccc1Cl)C1CC1. The van der Waals surface area contributed by atoms with Crippen molar-refractivity contribution in [1.82, 2.24) is 9.47 Å². The summed E-state index contributed by atoms with van der Waals surface area (Å²) >= 11 is 6.10. The van der Waals surface area contributed by atoms with E-state index in [0.717, 1.165) is 12.8 Å². The summed E-state index contributed by atoms with van der Waals surface area (Å²) in [6, 6.07) is 11.4. The molecule has 1 aliphatic carbocycles. The van der Waals surface area contributed by atoms with Crippen molar-refractivity contribution in [3.05, 3.63) is 69.4 Å². The summed E-state index contributed by atoms with van der Waals surface area (Å²) in [4.78, 5) is 26.6. The number of hydrogen-bond donors (Lipinski definition) is 0.